The van der Waals surface area contributed by atoms with Gasteiger partial charge in [0.1, 0.15) is 6.61 Å². The Morgan fingerprint density at radius 2 is 1.78 bits per heavy atom. The molecule has 0 saturated heterocycles. The minimum atomic E-state index is -0.845. The van der Waals surface area contributed by atoms with Crippen molar-refractivity contribution in [1.29, 1.82) is 0 Å². The zero-order valence-electron chi connectivity index (χ0n) is 25.5. The third-order valence-corrected chi connectivity index (χ3v) is 10.0. The van der Waals surface area contributed by atoms with E-state index in [1.807, 2.05) is 30.3 Å². The van der Waals surface area contributed by atoms with Crippen LogP contribution in [0.2, 0.25) is 5.02 Å². The summed E-state index contributed by atoms with van der Waals surface area (Å²) >= 11 is 13.3. The maximum absolute atomic E-state index is 14.2. The summed E-state index contributed by atoms with van der Waals surface area (Å²) < 4.78 is 31.6. The molecule has 1 aromatic heterocycles. The maximum atomic E-state index is 14.2. The highest BCUT2D eigenvalue weighted by molar-refractivity contribution is 14.1. The van der Waals surface area contributed by atoms with E-state index >= 15 is 0 Å². The largest absolute Gasteiger partial charge is 0.493 e. The summed E-state index contributed by atoms with van der Waals surface area (Å²) in [6, 6.07) is 13.8. The number of methoxy groups -OCH3 is 3. The van der Waals surface area contributed by atoms with Gasteiger partial charge in [0.15, 0.2) is 27.8 Å². The van der Waals surface area contributed by atoms with Crippen LogP contribution in [0, 0.1) is 3.57 Å². The Morgan fingerprint density at radius 1 is 1.09 bits per heavy atom. The molecule has 0 unspecified atom stereocenters. The van der Waals surface area contributed by atoms with Crippen molar-refractivity contribution >= 4 is 73.5 Å². The van der Waals surface area contributed by atoms with Crippen molar-refractivity contribution in [2.24, 2.45) is 4.99 Å². The molecule has 9 nitrogen and oxygen atoms in total. The average Bonchev–Trinajstić information content (AvgIpc) is 3.33. The number of ether oxygens (including phenoxy) is 5. The number of hydrogen-bond donors (Lipinski definition) is 0. The molecule has 0 N–H and O–H groups in total. The van der Waals surface area contributed by atoms with E-state index < -0.39 is 12.0 Å². The summed E-state index contributed by atoms with van der Waals surface area (Å²) in [5.41, 5.74) is 2.57. The standard InChI is InChI=1S/C33H29BrClIN2O7S/c1-6-44-32(40)28-17(2)37-33-38(29(28)20-14-24(41-3)25(42-4)15-21(20)34)31(39)27(46-33)13-18-11-23(36)30(26(12-18)43-5)45-16-19-9-7-8-10-22(19)35/h7-15,29H,6,16H2,1-5H3/b27-13-/t29-/m1/s1. The van der Waals surface area contributed by atoms with E-state index in [-0.39, 0.29) is 24.3 Å². The fraction of sp³-hybridized carbons (Fsp3) is 0.242. The van der Waals surface area contributed by atoms with Gasteiger partial charge in [-0.2, -0.15) is 0 Å². The number of aromatic nitrogens is 1. The Morgan fingerprint density at radius 3 is 2.46 bits per heavy atom. The zero-order chi connectivity index (χ0) is 33.1. The number of fused-ring (bicyclic) bond motifs is 1. The van der Waals surface area contributed by atoms with Crippen LogP contribution in [0.3, 0.4) is 0 Å². The van der Waals surface area contributed by atoms with E-state index in [2.05, 4.69) is 43.5 Å². The van der Waals surface area contributed by atoms with Gasteiger partial charge in [-0.15, -0.1) is 0 Å². The lowest BCUT2D eigenvalue weighted by Gasteiger charge is -2.26. The first-order chi connectivity index (χ1) is 22.1. The highest BCUT2D eigenvalue weighted by Gasteiger charge is 2.35. The van der Waals surface area contributed by atoms with Crippen molar-refractivity contribution in [3.8, 4) is 23.0 Å². The fourth-order valence-electron chi connectivity index (χ4n) is 5.05. The van der Waals surface area contributed by atoms with Gasteiger partial charge >= 0.3 is 5.97 Å². The molecule has 0 saturated carbocycles. The van der Waals surface area contributed by atoms with Crippen LogP contribution < -0.4 is 33.8 Å². The molecule has 0 radical (unpaired) electrons. The smallest absolute Gasteiger partial charge is 0.338 e. The van der Waals surface area contributed by atoms with Gasteiger partial charge in [0.25, 0.3) is 5.56 Å². The normalized spacial score (nSPS) is 14.4. The number of rotatable bonds is 10. The molecule has 1 atom stereocenters. The van der Waals surface area contributed by atoms with Gasteiger partial charge in [-0.1, -0.05) is 57.1 Å². The molecule has 3 aromatic carbocycles. The first-order valence-electron chi connectivity index (χ1n) is 14.0. The number of benzene rings is 3. The summed E-state index contributed by atoms with van der Waals surface area (Å²) in [5, 5.41) is 0.614. The van der Waals surface area contributed by atoms with E-state index in [0.29, 0.717) is 53.1 Å². The number of esters is 1. The summed E-state index contributed by atoms with van der Waals surface area (Å²) in [7, 11) is 4.62. The fourth-order valence-corrected chi connectivity index (χ4v) is 7.60. The summed E-state index contributed by atoms with van der Waals surface area (Å²) in [5.74, 6) is 1.45. The van der Waals surface area contributed by atoms with Crippen molar-refractivity contribution in [2.45, 2.75) is 26.5 Å². The topological polar surface area (TPSA) is 97.6 Å². The molecule has 1 aliphatic rings. The Bertz CT molecular complexity index is 2040. The molecule has 0 aliphatic carbocycles. The minimum Gasteiger partial charge on any atom is -0.493 e. The van der Waals surface area contributed by atoms with Gasteiger partial charge in [-0.25, -0.2) is 9.79 Å². The van der Waals surface area contributed by atoms with E-state index in [1.165, 1.54) is 30.1 Å². The van der Waals surface area contributed by atoms with Crippen molar-refractivity contribution in [3.05, 3.63) is 109 Å². The molecule has 0 bridgehead atoms. The molecule has 46 heavy (non-hydrogen) atoms. The van der Waals surface area contributed by atoms with Gasteiger partial charge in [0, 0.05) is 15.1 Å². The van der Waals surface area contributed by atoms with Gasteiger partial charge in [0.2, 0.25) is 0 Å². The molecule has 0 fully saturated rings. The molecular weight excluding hydrogens is 811 g/mol. The number of hydrogen-bond acceptors (Lipinski definition) is 9. The van der Waals surface area contributed by atoms with E-state index in [1.54, 1.807) is 45.2 Å². The van der Waals surface area contributed by atoms with E-state index in [0.717, 1.165) is 14.7 Å². The molecule has 2 heterocycles. The third kappa shape index (κ3) is 6.71. The van der Waals surface area contributed by atoms with Crippen LogP contribution in [0.5, 0.6) is 23.0 Å². The molecular formula is C33H29BrClIN2O7S. The van der Waals surface area contributed by atoms with Crippen LogP contribution in [0.1, 0.15) is 36.6 Å². The SMILES string of the molecule is CCOC(=O)C1=C(C)N=c2s/c(=C\c3cc(I)c(OCc4ccccc4Cl)c(OC)c3)c(=O)n2[C@@H]1c1cc(OC)c(OC)cc1Br. The van der Waals surface area contributed by atoms with Crippen LogP contribution in [0.4, 0.5) is 0 Å². The Kier molecular flexibility index (Phi) is 10.8. The second-order valence-electron chi connectivity index (χ2n) is 9.95. The number of carbonyl (C=O) groups excluding carboxylic acids is 1. The quantitative estimate of drug-likeness (QED) is 0.134. The number of thiazole rings is 1. The average molecular weight is 840 g/mol. The predicted molar refractivity (Wildman–Crippen MR) is 189 cm³/mol. The number of nitrogens with zero attached hydrogens (tertiary/aromatic N) is 2. The Labute approximate surface area is 296 Å². The van der Waals surface area contributed by atoms with Crippen LogP contribution in [-0.4, -0.2) is 38.5 Å². The lowest BCUT2D eigenvalue weighted by Crippen LogP contribution is -2.40. The maximum Gasteiger partial charge on any atom is 0.338 e. The third-order valence-electron chi connectivity index (χ3n) is 7.19. The molecule has 1 aliphatic heterocycles. The number of allylic oxidation sites excluding steroid dienone is 1. The first kappa shape index (κ1) is 34.0. The highest BCUT2D eigenvalue weighted by Crippen LogP contribution is 2.41. The van der Waals surface area contributed by atoms with Crippen molar-refractivity contribution in [1.82, 2.24) is 4.57 Å². The van der Waals surface area contributed by atoms with Crippen LogP contribution in [-0.2, 0) is 16.1 Å². The van der Waals surface area contributed by atoms with Gasteiger partial charge in [-0.3, -0.25) is 9.36 Å². The van der Waals surface area contributed by atoms with Gasteiger partial charge < -0.3 is 23.7 Å². The van der Waals surface area contributed by atoms with Crippen molar-refractivity contribution in [2.75, 3.05) is 27.9 Å². The number of carbonyl (C=O) groups is 1. The number of halogens is 3. The monoisotopic (exact) mass is 838 g/mol. The Balaban J connectivity index is 1.63. The molecule has 4 aromatic rings. The lowest BCUT2D eigenvalue weighted by atomic mass is 9.95. The van der Waals surface area contributed by atoms with Gasteiger partial charge in [0.05, 0.1) is 53.4 Å². The summed E-state index contributed by atoms with van der Waals surface area (Å²) in [4.78, 5) is 32.6. The van der Waals surface area contributed by atoms with E-state index in [4.69, 9.17) is 35.3 Å². The van der Waals surface area contributed by atoms with Gasteiger partial charge in [-0.05, 0) is 84.0 Å². The Hall–Kier alpha value is -3.33. The van der Waals surface area contributed by atoms with Crippen molar-refractivity contribution < 1.29 is 28.5 Å². The molecule has 0 spiro atoms. The molecule has 0 amide bonds. The molecule has 240 valence electrons. The summed E-state index contributed by atoms with van der Waals surface area (Å²) in [6.07, 6.45) is 1.77. The second kappa shape index (κ2) is 14.6. The first-order valence-corrected chi connectivity index (χ1v) is 17.0. The summed E-state index contributed by atoms with van der Waals surface area (Å²) in [6.45, 7) is 3.89. The van der Waals surface area contributed by atoms with Crippen LogP contribution >= 0.6 is 61.5 Å². The van der Waals surface area contributed by atoms with E-state index in [9.17, 15) is 9.59 Å². The predicted octanol–water partition coefficient (Wildman–Crippen LogP) is 6.42. The van der Waals surface area contributed by atoms with Crippen LogP contribution in [0.25, 0.3) is 6.08 Å². The van der Waals surface area contributed by atoms with Crippen molar-refractivity contribution in [3.63, 3.8) is 0 Å². The highest BCUT2D eigenvalue weighted by atomic mass is 127. The minimum absolute atomic E-state index is 0.165. The second-order valence-corrected chi connectivity index (χ2v) is 13.4. The zero-order valence-corrected chi connectivity index (χ0v) is 30.8. The molecule has 13 heteroatoms. The molecule has 5 rings (SSSR count). The lowest BCUT2D eigenvalue weighted by molar-refractivity contribution is -0.139. The van der Waals surface area contributed by atoms with Crippen LogP contribution in [0.15, 0.2) is 74.1 Å².